The zero-order chi connectivity index (χ0) is 28.8. The fraction of sp³-hybridized carbons (Fsp3) is 0.0244. The first-order chi connectivity index (χ1) is 21.3. The highest BCUT2D eigenvalue weighted by Crippen LogP contribution is 2.58. The third kappa shape index (κ3) is 3.83. The summed E-state index contributed by atoms with van der Waals surface area (Å²) in [4.78, 5) is 4.55. The fourth-order valence-electron chi connectivity index (χ4n) is 6.96. The van der Waals surface area contributed by atoms with Gasteiger partial charge >= 0.3 is 0 Å². The van der Waals surface area contributed by atoms with Gasteiger partial charge in [-0.2, -0.15) is 5.26 Å². The first kappa shape index (κ1) is 25.0. The normalized spacial score (nSPS) is 12.8. The maximum atomic E-state index is 9.42. The number of nitriles is 1. The van der Waals surface area contributed by atoms with Gasteiger partial charge in [-0.1, -0.05) is 127 Å². The molecule has 1 aromatic heterocycles. The van der Waals surface area contributed by atoms with E-state index < -0.39 is 5.41 Å². The summed E-state index contributed by atoms with van der Waals surface area (Å²) in [7, 11) is 0. The predicted molar refractivity (Wildman–Crippen MR) is 175 cm³/mol. The molecule has 0 atom stereocenters. The van der Waals surface area contributed by atoms with Crippen molar-refractivity contribution in [3.05, 3.63) is 186 Å². The molecule has 0 unspecified atom stereocenters. The Hall–Kier alpha value is -5.78. The summed E-state index contributed by atoms with van der Waals surface area (Å²) in [5, 5.41) is 11.9. The van der Waals surface area contributed by atoms with Crippen LogP contribution < -0.4 is 0 Å². The highest BCUT2D eigenvalue weighted by Gasteiger charge is 2.46. The van der Waals surface area contributed by atoms with E-state index in [1.54, 1.807) is 12.3 Å². The largest absolute Gasteiger partial charge is 0.256 e. The van der Waals surface area contributed by atoms with Gasteiger partial charge in [0.2, 0.25) is 0 Å². The highest BCUT2D eigenvalue weighted by atomic mass is 14.7. The van der Waals surface area contributed by atoms with E-state index in [-0.39, 0.29) is 0 Å². The second-order valence-corrected chi connectivity index (χ2v) is 11.1. The molecule has 0 bridgehead atoms. The van der Waals surface area contributed by atoms with Gasteiger partial charge in [-0.05, 0) is 79.5 Å². The first-order valence-electron chi connectivity index (χ1n) is 14.5. The number of aromatic nitrogens is 1. The lowest BCUT2D eigenvalue weighted by atomic mass is 9.67. The molecule has 0 N–H and O–H groups in total. The van der Waals surface area contributed by atoms with E-state index in [4.69, 9.17) is 0 Å². The Morgan fingerprint density at radius 1 is 0.535 bits per heavy atom. The summed E-state index contributed by atoms with van der Waals surface area (Å²) < 4.78 is 0. The number of rotatable bonds is 4. The van der Waals surface area contributed by atoms with Crippen LogP contribution in [-0.4, -0.2) is 4.98 Å². The lowest BCUT2D eigenvalue weighted by Crippen LogP contribution is -2.28. The minimum absolute atomic E-state index is 0.445. The molecule has 6 aromatic carbocycles. The molecular weight excluding hydrogens is 520 g/mol. The van der Waals surface area contributed by atoms with Crippen molar-refractivity contribution in [3.8, 4) is 39.6 Å². The number of hydrogen-bond acceptors (Lipinski definition) is 2. The monoisotopic (exact) mass is 546 g/mol. The Balaban J connectivity index is 1.41. The first-order valence-corrected chi connectivity index (χ1v) is 14.5. The summed E-state index contributed by atoms with van der Waals surface area (Å²) in [6, 6.07) is 56.4. The molecule has 1 aliphatic rings. The molecule has 200 valence electrons. The van der Waals surface area contributed by atoms with Crippen LogP contribution in [0.5, 0.6) is 0 Å². The molecule has 0 saturated carbocycles. The van der Waals surface area contributed by atoms with Gasteiger partial charge < -0.3 is 0 Å². The van der Waals surface area contributed by atoms with Gasteiger partial charge in [0.15, 0.2) is 0 Å². The van der Waals surface area contributed by atoms with Crippen molar-refractivity contribution in [2.75, 3.05) is 0 Å². The molecule has 7 aromatic rings. The van der Waals surface area contributed by atoms with Crippen molar-refractivity contribution >= 4 is 10.8 Å². The average molecular weight is 547 g/mol. The summed E-state index contributed by atoms with van der Waals surface area (Å²) in [5.74, 6) is 0. The minimum Gasteiger partial charge on any atom is -0.256 e. The number of nitrogens with zero attached hydrogens (tertiary/aromatic N) is 2. The number of pyridine rings is 1. The van der Waals surface area contributed by atoms with Gasteiger partial charge in [0, 0.05) is 11.8 Å². The number of hydrogen-bond donors (Lipinski definition) is 0. The van der Waals surface area contributed by atoms with E-state index in [0.29, 0.717) is 5.56 Å². The fourth-order valence-corrected chi connectivity index (χ4v) is 6.96. The molecule has 0 spiro atoms. The standard InChI is InChI=1S/C41H26N2/c42-27-28-22-23-43-39(24-28)32-12-9-11-30(25-32)31-19-20-37-36(26-31)40-35-17-8-7-10-29(35)18-21-38(40)41(37,33-13-3-1-4-14-33)34-15-5-2-6-16-34/h1-26H. The van der Waals surface area contributed by atoms with E-state index in [1.807, 2.05) is 6.07 Å². The van der Waals surface area contributed by atoms with Crippen LogP contribution in [-0.2, 0) is 5.41 Å². The molecule has 0 saturated heterocycles. The molecule has 43 heavy (non-hydrogen) atoms. The van der Waals surface area contributed by atoms with E-state index in [0.717, 1.165) is 22.4 Å². The van der Waals surface area contributed by atoms with Crippen molar-refractivity contribution in [2.24, 2.45) is 0 Å². The average Bonchev–Trinajstić information content (AvgIpc) is 3.40. The Morgan fingerprint density at radius 3 is 1.98 bits per heavy atom. The summed E-state index contributed by atoms with van der Waals surface area (Å²) in [6.07, 6.45) is 1.70. The van der Waals surface area contributed by atoms with Crippen LogP contribution in [0.4, 0.5) is 0 Å². The highest BCUT2D eigenvalue weighted by molar-refractivity contribution is 6.04. The molecule has 0 fully saturated rings. The molecule has 0 aliphatic heterocycles. The molecule has 8 rings (SSSR count). The van der Waals surface area contributed by atoms with Crippen molar-refractivity contribution in [2.45, 2.75) is 5.41 Å². The zero-order valence-corrected chi connectivity index (χ0v) is 23.4. The van der Waals surface area contributed by atoms with Crippen LogP contribution in [0.3, 0.4) is 0 Å². The molecule has 2 nitrogen and oxygen atoms in total. The van der Waals surface area contributed by atoms with Crippen LogP contribution in [0.25, 0.3) is 44.3 Å². The van der Waals surface area contributed by atoms with Crippen molar-refractivity contribution in [1.82, 2.24) is 4.98 Å². The Kier molecular flexibility index (Phi) is 5.77. The van der Waals surface area contributed by atoms with Crippen molar-refractivity contribution in [3.63, 3.8) is 0 Å². The van der Waals surface area contributed by atoms with Crippen LogP contribution in [0.1, 0.15) is 27.8 Å². The van der Waals surface area contributed by atoms with E-state index in [2.05, 4.69) is 151 Å². The van der Waals surface area contributed by atoms with Crippen LogP contribution in [0, 0.1) is 11.3 Å². The van der Waals surface area contributed by atoms with Crippen molar-refractivity contribution < 1.29 is 0 Å². The van der Waals surface area contributed by atoms with E-state index >= 15 is 0 Å². The molecule has 0 radical (unpaired) electrons. The van der Waals surface area contributed by atoms with Gasteiger partial charge in [-0.25, -0.2) is 0 Å². The minimum atomic E-state index is -0.445. The Morgan fingerprint density at radius 2 is 1.21 bits per heavy atom. The van der Waals surface area contributed by atoms with Gasteiger partial charge in [0.25, 0.3) is 0 Å². The molecule has 1 aliphatic carbocycles. The second kappa shape index (κ2) is 9.94. The topological polar surface area (TPSA) is 36.7 Å². The Labute approximate surface area is 251 Å². The van der Waals surface area contributed by atoms with Gasteiger partial charge in [-0.3, -0.25) is 4.98 Å². The van der Waals surface area contributed by atoms with Gasteiger partial charge in [0.05, 0.1) is 22.7 Å². The quantitative estimate of drug-likeness (QED) is 0.220. The third-order valence-corrected chi connectivity index (χ3v) is 8.82. The SMILES string of the molecule is N#Cc1ccnc(-c2cccc(-c3ccc4c(c3)-c3c(ccc5ccccc35)C4(c3ccccc3)c3ccccc3)c2)c1. The number of benzene rings is 6. The maximum Gasteiger partial charge on any atom is 0.0992 e. The lowest BCUT2D eigenvalue weighted by Gasteiger charge is -2.34. The van der Waals surface area contributed by atoms with Crippen LogP contribution in [0.15, 0.2) is 158 Å². The summed E-state index contributed by atoms with van der Waals surface area (Å²) in [6.45, 7) is 0. The predicted octanol–water partition coefficient (Wildman–Crippen LogP) is 9.80. The molecule has 2 heteroatoms. The second-order valence-electron chi connectivity index (χ2n) is 11.1. The lowest BCUT2D eigenvalue weighted by molar-refractivity contribution is 0.769. The molecule has 1 heterocycles. The molecule has 0 amide bonds. The number of fused-ring (bicyclic) bond motifs is 5. The van der Waals surface area contributed by atoms with Gasteiger partial charge in [0.1, 0.15) is 0 Å². The molecular formula is C41H26N2. The Bertz CT molecular complexity index is 2150. The summed E-state index contributed by atoms with van der Waals surface area (Å²) in [5.41, 5.74) is 11.9. The third-order valence-electron chi connectivity index (χ3n) is 8.82. The van der Waals surface area contributed by atoms with Crippen molar-refractivity contribution in [1.29, 1.82) is 5.26 Å². The van der Waals surface area contributed by atoms with Gasteiger partial charge in [-0.15, -0.1) is 0 Å². The smallest absolute Gasteiger partial charge is 0.0992 e. The van der Waals surface area contributed by atoms with Crippen LogP contribution >= 0.6 is 0 Å². The summed E-state index contributed by atoms with van der Waals surface area (Å²) >= 11 is 0. The van der Waals surface area contributed by atoms with E-state index in [1.165, 1.54) is 44.2 Å². The van der Waals surface area contributed by atoms with Crippen LogP contribution in [0.2, 0.25) is 0 Å². The zero-order valence-electron chi connectivity index (χ0n) is 23.4. The maximum absolute atomic E-state index is 9.42. The van der Waals surface area contributed by atoms with E-state index in [9.17, 15) is 5.26 Å².